The van der Waals surface area contributed by atoms with Gasteiger partial charge in [0.05, 0.1) is 6.61 Å². The van der Waals surface area contributed by atoms with E-state index in [1.54, 1.807) is 12.3 Å². The number of anilines is 1. The lowest BCUT2D eigenvalue weighted by Crippen LogP contribution is -2.21. The number of hydrogen-bond acceptors (Lipinski definition) is 9. The van der Waals surface area contributed by atoms with Crippen molar-refractivity contribution in [2.24, 2.45) is 5.14 Å². The molecule has 0 aliphatic heterocycles. The van der Waals surface area contributed by atoms with E-state index < -0.39 is 45.3 Å². The molecule has 10 nitrogen and oxygen atoms in total. The van der Waals surface area contributed by atoms with Gasteiger partial charge in [-0.2, -0.15) is 0 Å². The fourth-order valence-electron chi connectivity index (χ4n) is 2.63. The zero-order valence-corrected chi connectivity index (χ0v) is 18.3. The van der Waals surface area contributed by atoms with E-state index in [4.69, 9.17) is 19.0 Å². The molecule has 12 heteroatoms. The molecule has 3 aromatic rings. The minimum Gasteiger partial charge on any atom is -0.462 e. The summed E-state index contributed by atoms with van der Waals surface area (Å²) in [5.74, 6) is -2.82. The summed E-state index contributed by atoms with van der Waals surface area (Å²) in [5.41, 5.74) is 1.54. The van der Waals surface area contributed by atoms with E-state index in [0.29, 0.717) is 5.56 Å². The number of ether oxygens (including phenoxy) is 2. The molecule has 0 fully saturated rings. The van der Waals surface area contributed by atoms with Gasteiger partial charge in [-0.3, -0.25) is 4.79 Å². The normalized spacial score (nSPS) is 11.1. The van der Waals surface area contributed by atoms with Gasteiger partial charge in [-0.1, -0.05) is 30.3 Å². The Hall–Kier alpha value is -3.48. The van der Waals surface area contributed by atoms with Crippen LogP contribution in [0.5, 0.6) is 0 Å². The predicted octanol–water partition coefficient (Wildman–Crippen LogP) is 2.63. The maximum absolute atomic E-state index is 12.5. The van der Waals surface area contributed by atoms with E-state index in [1.807, 2.05) is 30.3 Å². The third kappa shape index (κ3) is 5.41. The van der Waals surface area contributed by atoms with Crippen molar-refractivity contribution in [2.75, 3.05) is 18.5 Å². The molecule has 1 amide bonds. The molecule has 0 aliphatic carbocycles. The monoisotopic (exact) mass is 478 g/mol. The molecule has 1 aromatic carbocycles. The van der Waals surface area contributed by atoms with Crippen LogP contribution in [-0.4, -0.2) is 39.5 Å². The number of furan rings is 1. The van der Waals surface area contributed by atoms with Crippen LogP contribution in [0.25, 0.3) is 11.1 Å². The quantitative estimate of drug-likeness (QED) is 0.468. The van der Waals surface area contributed by atoms with Crippen molar-refractivity contribution in [1.82, 2.24) is 0 Å². The molecule has 32 heavy (non-hydrogen) atoms. The Bertz CT molecular complexity index is 1250. The molecule has 0 radical (unpaired) electrons. The predicted molar refractivity (Wildman–Crippen MR) is 115 cm³/mol. The number of esters is 2. The van der Waals surface area contributed by atoms with Crippen LogP contribution in [0.3, 0.4) is 0 Å². The number of carbonyl (C=O) groups is 3. The molecule has 0 spiro atoms. The van der Waals surface area contributed by atoms with E-state index in [-0.39, 0.29) is 17.2 Å². The molecular formula is C20H18N2O8S2. The molecule has 0 atom stereocenters. The maximum Gasteiger partial charge on any atom is 0.374 e. The van der Waals surface area contributed by atoms with Gasteiger partial charge < -0.3 is 19.2 Å². The fraction of sp³-hybridized carbons (Fsp3) is 0.150. The summed E-state index contributed by atoms with van der Waals surface area (Å²) in [5, 5.41) is 8.77. The summed E-state index contributed by atoms with van der Waals surface area (Å²) in [6, 6.07) is 11.2. The van der Waals surface area contributed by atoms with Crippen molar-refractivity contribution >= 4 is 44.2 Å². The Balaban J connectivity index is 1.72. The Morgan fingerprint density at radius 2 is 1.78 bits per heavy atom. The number of hydrogen-bond donors (Lipinski definition) is 2. The molecular weight excluding hydrogens is 460 g/mol. The smallest absolute Gasteiger partial charge is 0.374 e. The molecule has 2 aromatic heterocycles. The summed E-state index contributed by atoms with van der Waals surface area (Å²) in [6.07, 6.45) is 0. The Kier molecular flexibility index (Phi) is 7.08. The molecule has 0 saturated heterocycles. The van der Waals surface area contributed by atoms with Gasteiger partial charge in [0.15, 0.2) is 6.61 Å². The third-order valence-electron chi connectivity index (χ3n) is 4.01. The number of nitrogens with one attached hydrogen (secondary N) is 1. The van der Waals surface area contributed by atoms with Gasteiger partial charge in [0.1, 0.15) is 10.6 Å². The second kappa shape index (κ2) is 9.77. The van der Waals surface area contributed by atoms with Crippen molar-refractivity contribution in [3.05, 3.63) is 59.2 Å². The average molecular weight is 479 g/mol. The third-order valence-corrected chi connectivity index (χ3v) is 5.68. The Morgan fingerprint density at radius 3 is 2.41 bits per heavy atom. The highest BCUT2D eigenvalue weighted by Gasteiger charge is 2.24. The van der Waals surface area contributed by atoms with Gasteiger partial charge in [0.25, 0.3) is 15.9 Å². The van der Waals surface area contributed by atoms with Crippen molar-refractivity contribution in [3.63, 3.8) is 0 Å². The molecule has 2 heterocycles. The van der Waals surface area contributed by atoms with Crippen LogP contribution in [-0.2, 0) is 24.3 Å². The van der Waals surface area contributed by atoms with Crippen LogP contribution in [0.4, 0.5) is 5.00 Å². The van der Waals surface area contributed by atoms with Gasteiger partial charge in [-0.25, -0.2) is 23.1 Å². The number of amides is 1. The van der Waals surface area contributed by atoms with Crippen LogP contribution in [0.1, 0.15) is 27.8 Å². The standard InChI is InChI=1S/C20H18N2O8S2/c1-2-28-20(25)17-13(12-6-4-3-5-7-12)11-31-18(17)22-15(23)10-29-19(24)14-8-9-16(30-14)32(21,26)27/h3-9,11H,2,10H2,1H3,(H,22,23)(H2,21,26,27). The number of nitrogens with two attached hydrogens (primary N) is 1. The van der Waals surface area contributed by atoms with Gasteiger partial charge in [0.2, 0.25) is 10.9 Å². The molecule has 0 saturated carbocycles. The van der Waals surface area contributed by atoms with Gasteiger partial charge in [0, 0.05) is 10.9 Å². The van der Waals surface area contributed by atoms with E-state index in [2.05, 4.69) is 5.32 Å². The number of benzene rings is 1. The van der Waals surface area contributed by atoms with Crippen LogP contribution in [0, 0.1) is 0 Å². The second-order valence-electron chi connectivity index (χ2n) is 6.23. The average Bonchev–Trinajstić information content (AvgIpc) is 3.40. The highest BCUT2D eigenvalue weighted by molar-refractivity contribution is 7.89. The zero-order valence-electron chi connectivity index (χ0n) is 16.7. The molecule has 3 N–H and O–H groups in total. The number of rotatable bonds is 8. The Morgan fingerprint density at radius 1 is 1.06 bits per heavy atom. The molecule has 3 rings (SSSR count). The number of carbonyl (C=O) groups excluding carboxylic acids is 3. The first kappa shape index (κ1) is 23.2. The second-order valence-corrected chi connectivity index (χ2v) is 8.60. The first-order chi connectivity index (χ1) is 15.2. The number of sulfonamides is 1. The molecule has 0 unspecified atom stereocenters. The summed E-state index contributed by atoms with van der Waals surface area (Å²) in [4.78, 5) is 36.8. The van der Waals surface area contributed by atoms with Crippen molar-refractivity contribution < 1.29 is 36.7 Å². The van der Waals surface area contributed by atoms with Gasteiger partial charge in [-0.15, -0.1) is 11.3 Å². The van der Waals surface area contributed by atoms with E-state index >= 15 is 0 Å². The first-order valence-corrected chi connectivity index (χ1v) is 11.6. The summed E-state index contributed by atoms with van der Waals surface area (Å²) in [6.45, 7) is 1.11. The highest BCUT2D eigenvalue weighted by Crippen LogP contribution is 2.36. The van der Waals surface area contributed by atoms with Crippen molar-refractivity contribution in [3.8, 4) is 11.1 Å². The first-order valence-electron chi connectivity index (χ1n) is 9.14. The van der Waals surface area contributed by atoms with Crippen molar-refractivity contribution in [2.45, 2.75) is 12.0 Å². The van der Waals surface area contributed by atoms with Crippen LogP contribution >= 0.6 is 11.3 Å². The molecule has 0 aliphatic rings. The highest BCUT2D eigenvalue weighted by atomic mass is 32.2. The topological polar surface area (TPSA) is 155 Å². The lowest BCUT2D eigenvalue weighted by Gasteiger charge is -2.09. The maximum atomic E-state index is 12.5. The largest absolute Gasteiger partial charge is 0.462 e. The van der Waals surface area contributed by atoms with E-state index in [1.165, 1.54) is 0 Å². The summed E-state index contributed by atoms with van der Waals surface area (Å²) < 4.78 is 37.2. The van der Waals surface area contributed by atoms with E-state index in [0.717, 1.165) is 29.0 Å². The lowest BCUT2D eigenvalue weighted by molar-refractivity contribution is -0.119. The molecule has 168 valence electrons. The fourth-order valence-corrected chi connectivity index (χ4v) is 4.07. The summed E-state index contributed by atoms with van der Waals surface area (Å²) in [7, 11) is -4.12. The zero-order chi connectivity index (χ0) is 23.3. The minimum atomic E-state index is -4.12. The minimum absolute atomic E-state index is 0.150. The van der Waals surface area contributed by atoms with Crippen LogP contribution in [0.2, 0.25) is 0 Å². The van der Waals surface area contributed by atoms with Crippen LogP contribution in [0.15, 0.2) is 57.4 Å². The van der Waals surface area contributed by atoms with E-state index in [9.17, 15) is 22.8 Å². The Labute approximate surface area is 187 Å². The SMILES string of the molecule is CCOC(=O)c1c(-c2ccccc2)csc1NC(=O)COC(=O)c1ccc(S(N)(=O)=O)o1. The lowest BCUT2D eigenvalue weighted by atomic mass is 10.0. The van der Waals surface area contributed by atoms with Gasteiger partial charge >= 0.3 is 11.9 Å². The number of thiophene rings is 1. The number of primary sulfonamides is 1. The van der Waals surface area contributed by atoms with Crippen molar-refractivity contribution in [1.29, 1.82) is 0 Å². The molecule has 0 bridgehead atoms. The van der Waals surface area contributed by atoms with Crippen LogP contribution < -0.4 is 10.5 Å². The van der Waals surface area contributed by atoms with Gasteiger partial charge in [-0.05, 0) is 24.6 Å². The summed E-state index contributed by atoms with van der Waals surface area (Å²) >= 11 is 1.12.